The van der Waals surface area contributed by atoms with Crippen LogP contribution in [0.2, 0.25) is 0 Å². The summed E-state index contributed by atoms with van der Waals surface area (Å²) in [5.41, 5.74) is 0. The average Bonchev–Trinajstić information content (AvgIpc) is 2.23. The minimum absolute atomic E-state index is 0.358. The predicted molar refractivity (Wildman–Crippen MR) is 55.8 cm³/mol. The molecule has 0 aromatic carbocycles. The van der Waals surface area contributed by atoms with Crippen molar-refractivity contribution in [1.82, 2.24) is 0 Å². The summed E-state index contributed by atoms with van der Waals surface area (Å²) >= 11 is 0. The van der Waals surface area contributed by atoms with Crippen LogP contribution in [0.3, 0.4) is 0 Å². The third kappa shape index (κ3) is 1.59. The summed E-state index contributed by atoms with van der Waals surface area (Å²) in [7, 11) is 1.73. The van der Waals surface area contributed by atoms with Gasteiger partial charge in [-0.15, -0.1) is 0 Å². The lowest BCUT2D eigenvalue weighted by Gasteiger charge is -2.39. The Kier molecular flexibility index (Phi) is 2.64. The maximum atomic E-state index is 5.71. The zero-order valence-corrected chi connectivity index (χ0v) is 9.07. The van der Waals surface area contributed by atoms with E-state index in [1.54, 1.807) is 7.11 Å². The lowest BCUT2D eigenvalue weighted by Crippen LogP contribution is -2.38. The molecule has 1 aliphatic heterocycles. The quantitative estimate of drug-likeness (QED) is 0.638. The van der Waals surface area contributed by atoms with Crippen LogP contribution in [0.25, 0.3) is 0 Å². The number of hydrogen-bond donors (Lipinski definition) is 0. The smallest absolute Gasteiger partial charge is 0.114 e. The van der Waals surface area contributed by atoms with Gasteiger partial charge in [0.1, 0.15) is 5.76 Å². The molecule has 1 heterocycles. The Morgan fingerprint density at radius 1 is 1.43 bits per heavy atom. The van der Waals surface area contributed by atoms with Crippen LogP contribution in [0.5, 0.6) is 0 Å². The molecule has 1 saturated heterocycles. The van der Waals surface area contributed by atoms with Gasteiger partial charge in [-0.3, -0.25) is 0 Å². The van der Waals surface area contributed by atoms with Crippen molar-refractivity contribution in [2.45, 2.75) is 20.0 Å². The highest BCUT2D eigenvalue weighted by Crippen LogP contribution is 2.36. The summed E-state index contributed by atoms with van der Waals surface area (Å²) in [4.78, 5) is 0. The average molecular weight is 194 g/mol. The van der Waals surface area contributed by atoms with Gasteiger partial charge in [-0.1, -0.05) is 13.0 Å². The number of fused-ring (bicyclic) bond motifs is 1. The van der Waals surface area contributed by atoms with E-state index in [2.05, 4.69) is 26.0 Å². The largest absolute Gasteiger partial charge is 0.497 e. The van der Waals surface area contributed by atoms with E-state index in [1.165, 1.54) is 0 Å². The maximum absolute atomic E-state index is 5.71. The minimum Gasteiger partial charge on any atom is -0.497 e. The molecule has 0 aromatic rings. The molecule has 2 nitrogen and oxygen atoms in total. The third-order valence-corrected chi connectivity index (χ3v) is 3.49. The molecule has 1 aliphatic carbocycles. The Bertz CT molecular complexity index is 267. The Labute approximate surface area is 85.6 Å². The van der Waals surface area contributed by atoms with E-state index in [4.69, 9.17) is 9.47 Å². The van der Waals surface area contributed by atoms with Gasteiger partial charge in [-0.2, -0.15) is 0 Å². The first kappa shape index (κ1) is 9.78. The first-order valence-electron chi connectivity index (χ1n) is 5.28. The highest BCUT2D eigenvalue weighted by Gasteiger charge is 2.34. The van der Waals surface area contributed by atoms with Crippen LogP contribution in [0.15, 0.2) is 24.0 Å². The maximum Gasteiger partial charge on any atom is 0.114 e. The summed E-state index contributed by atoms with van der Waals surface area (Å²) in [6.45, 7) is 5.25. The van der Waals surface area contributed by atoms with Crippen molar-refractivity contribution >= 4 is 0 Å². The van der Waals surface area contributed by atoms with Crippen molar-refractivity contribution < 1.29 is 9.47 Å². The van der Waals surface area contributed by atoms with Gasteiger partial charge in [0, 0.05) is 5.92 Å². The third-order valence-electron chi connectivity index (χ3n) is 3.49. The van der Waals surface area contributed by atoms with Gasteiger partial charge in [-0.05, 0) is 30.9 Å². The normalized spacial score (nSPS) is 41.5. The lowest BCUT2D eigenvalue weighted by molar-refractivity contribution is -0.0520. The fourth-order valence-corrected chi connectivity index (χ4v) is 2.29. The van der Waals surface area contributed by atoms with Crippen LogP contribution in [-0.4, -0.2) is 19.8 Å². The van der Waals surface area contributed by atoms with Crippen LogP contribution in [0.4, 0.5) is 0 Å². The molecule has 3 unspecified atom stereocenters. The second kappa shape index (κ2) is 3.77. The number of methoxy groups -OCH3 is 1. The molecule has 0 bridgehead atoms. The minimum atomic E-state index is 0.358. The first-order valence-corrected chi connectivity index (χ1v) is 5.28. The fraction of sp³-hybridized carbons (Fsp3) is 0.667. The summed E-state index contributed by atoms with van der Waals surface area (Å²) in [6.07, 6.45) is 6.87. The summed E-state index contributed by atoms with van der Waals surface area (Å²) in [5.74, 6) is 2.69. The molecular formula is C12H18O2. The standard InChI is InChI=1S/C12H18O2/c1-8-9(2)14-7-10-4-5-11(13-3)6-12(8)10/h4-6,8-10,12H,7H2,1-3H3/t8?,9-,10?,12?/m0/s1. The van der Waals surface area contributed by atoms with Crippen LogP contribution in [0, 0.1) is 17.8 Å². The molecule has 2 aliphatic rings. The summed E-state index contributed by atoms with van der Waals surface area (Å²) in [6, 6.07) is 0. The molecule has 1 fully saturated rings. The molecule has 2 heteroatoms. The van der Waals surface area contributed by atoms with Crippen molar-refractivity contribution in [3.8, 4) is 0 Å². The molecule has 78 valence electrons. The van der Waals surface area contributed by atoms with Gasteiger partial charge < -0.3 is 9.47 Å². The second-order valence-electron chi connectivity index (χ2n) is 4.27. The Balaban J connectivity index is 2.17. The molecule has 0 amide bonds. The van der Waals surface area contributed by atoms with E-state index in [0.717, 1.165) is 12.4 Å². The molecule has 14 heavy (non-hydrogen) atoms. The first-order chi connectivity index (χ1) is 6.72. The number of allylic oxidation sites excluding steroid dienone is 2. The van der Waals surface area contributed by atoms with Gasteiger partial charge in [0.25, 0.3) is 0 Å². The van der Waals surface area contributed by atoms with Crippen LogP contribution in [0.1, 0.15) is 13.8 Å². The molecule has 4 atom stereocenters. The van der Waals surface area contributed by atoms with E-state index >= 15 is 0 Å². The van der Waals surface area contributed by atoms with Gasteiger partial charge in [0.2, 0.25) is 0 Å². The van der Waals surface area contributed by atoms with Crippen molar-refractivity contribution in [1.29, 1.82) is 0 Å². The van der Waals surface area contributed by atoms with E-state index in [-0.39, 0.29) is 0 Å². The fourth-order valence-electron chi connectivity index (χ4n) is 2.29. The SMILES string of the molecule is COC1=CC2C(C=C1)CO[C@@H](C)C2C. The van der Waals surface area contributed by atoms with E-state index in [1.807, 2.05) is 6.08 Å². The van der Waals surface area contributed by atoms with Crippen LogP contribution >= 0.6 is 0 Å². The predicted octanol–water partition coefficient (Wildman–Crippen LogP) is 2.37. The van der Waals surface area contributed by atoms with Gasteiger partial charge in [0.15, 0.2) is 0 Å². The lowest BCUT2D eigenvalue weighted by atomic mass is 9.76. The molecule has 0 saturated carbocycles. The molecule has 0 radical (unpaired) electrons. The summed E-state index contributed by atoms with van der Waals surface area (Å²) in [5, 5.41) is 0. The van der Waals surface area contributed by atoms with Gasteiger partial charge in [-0.25, -0.2) is 0 Å². The van der Waals surface area contributed by atoms with E-state index in [0.29, 0.717) is 23.9 Å². The Hall–Kier alpha value is -0.760. The van der Waals surface area contributed by atoms with Crippen molar-refractivity contribution in [2.75, 3.05) is 13.7 Å². The number of hydrogen-bond acceptors (Lipinski definition) is 2. The van der Waals surface area contributed by atoms with Crippen molar-refractivity contribution in [2.24, 2.45) is 17.8 Å². The van der Waals surface area contributed by atoms with Gasteiger partial charge in [0.05, 0.1) is 19.8 Å². The van der Waals surface area contributed by atoms with Crippen molar-refractivity contribution in [3.05, 3.63) is 24.0 Å². The van der Waals surface area contributed by atoms with E-state index in [9.17, 15) is 0 Å². The highest BCUT2D eigenvalue weighted by atomic mass is 16.5. The van der Waals surface area contributed by atoms with Crippen LogP contribution in [-0.2, 0) is 9.47 Å². The molecule has 0 N–H and O–H groups in total. The molecule has 2 rings (SSSR count). The molecular weight excluding hydrogens is 176 g/mol. The van der Waals surface area contributed by atoms with Gasteiger partial charge >= 0.3 is 0 Å². The Morgan fingerprint density at radius 3 is 2.93 bits per heavy atom. The number of ether oxygens (including phenoxy) is 2. The zero-order chi connectivity index (χ0) is 10.1. The van der Waals surface area contributed by atoms with Crippen molar-refractivity contribution in [3.63, 3.8) is 0 Å². The second-order valence-corrected chi connectivity index (χ2v) is 4.27. The van der Waals surface area contributed by atoms with Crippen LogP contribution < -0.4 is 0 Å². The zero-order valence-electron chi connectivity index (χ0n) is 9.07. The highest BCUT2D eigenvalue weighted by molar-refractivity contribution is 5.22. The van der Waals surface area contributed by atoms with E-state index < -0.39 is 0 Å². The summed E-state index contributed by atoms with van der Waals surface area (Å²) < 4.78 is 11.0. The Morgan fingerprint density at radius 2 is 2.21 bits per heavy atom. The molecule has 0 aromatic heterocycles. The monoisotopic (exact) mass is 194 g/mol. The molecule has 0 spiro atoms. The number of rotatable bonds is 1. The topological polar surface area (TPSA) is 18.5 Å².